The molecule has 0 aliphatic carbocycles. The molecule has 106 valence electrons. The summed E-state index contributed by atoms with van der Waals surface area (Å²) in [5.41, 5.74) is 0.766. The summed E-state index contributed by atoms with van der Waals surface area (Å²) in [6, 6.07) is 6.32. The van der Waals surface area contributed by atoms with Crippen LogP contribution in [0, 0.1) is 5.82 Å². The van der Waals surface area contributed by atoms with Crippen molar-refractivity contribution in [2.24, 2.45) is 0 Å². The normalized spacial score (nSPS) is 10.2. The van der Waals surface area contributed by atoms with Gasteiger partial charge in [0, 0.05) is 19.8 Å². The lowest BCUT2D eigenvalue weighted by atomic mass is 10.3. The molecule has 0 bridgehead atoms. The monoisotopic (exact) mass is 277 g/mol. The van der Waals surface area contributed by atoms with E-state index in [-0.39, 0.29) is 11.8 Å². The standard InChI is InChI=1S/C13H16FN5O/c1-4-20-13-17-11(15-2)16-12(18-13)19(3)10-7-5-9(14)6-8-10/h5-8H,4H2,1-3H3,(H,15,16,17,18). The maximum Gasteiger partial charge on any atom is 0.323 e. The van der Waals surface area contributed by atoms with Gasteiger partial charge in [-0.05, 0) is 31.2 Å². The minimum absolute atomic E-state index is 0.246. The largest absolute Gasteiger partial charge is 0.464 e. The van der Waals surface area contributed by atoms with Crippen LogP contribution in [0.25, 0.3) is 0 Å². The molecule has 1 heterocycles. The molecule has 0 aliphatic rings. The predicted octanol–water partition coefficient (Wildman–Crippen LogP) is 2.22. The fraction of sp³-hybridized carbons (Fsp3) is 0.308. The predicted molar refractivity (Wildman–Crippen MR) is 75.0 cm³/mol. The number of anilines is 3. The van der Waals surface area contributed by atoms with Crippen LogP contribution in [-0.2, 0) is 0 Å². The molecule has 0 saturated carbocycles. The van der Waals surface area contributed by atoms with E-state index in [4.69, 9.17) is 4.74 Å². The van der Waals surface area contributed by atoms with Crippen LogP contribution in [0.4, 0.5) is 22.0 Å². The van der Waals surface area contributed by atoms with Gasteiger partial charge in [0.15, 0.2) is 0 Å². The molecule has 0 aliphatic heterocycles. The third-order valence-electron chi connectivity index (χ3n) is 2.61. The van der Waals surface area contributed by atoms with Gasteiger partial charge in [0.25, 0.3) is 0 Å². The van der Waals surface area contributed by atoms with Crippen LogP contribution < -0.4 is 15.0 Å². The van der Waals surface area contributed by atoms with Gasteiger partial charge in [0.05, 0.1) is 6.61 Å². The molecule has 0 spiro atoms. The summed E-state index contributed by atoms with van der Waals surface area (Å²) in [5.74, 6) is 0.538. The molecule has 0 fully saturated rings. The maximum absolute atomic E-state index is 12.9. The van der Waals surface area contributed by atoms with Gasteiger partial charge < -0.3 is 15.0 Å². The quantitative estimate of drug-likeness (QED) is 0.904. The number of hydrogen-bond donors (Lipinski definition) is 1. The highest BCUT2D eigenvalue weighted by Gasteiger charge is 2.12. The zero-order valence-electron chi connectivity index (χ0n) is 11.6. The lowest BCUT2D eigenvalue weighted by Crippen LogP contribution is -2.15. The van der Waals surface area contributed by atoms with Gasteiger partial charge >= 0.3 is 6.01 Å². The third kappa shape index (κ3) is 3.11. The van der Waals surface area contributed by atoms with Gasteiger partial charge in [0.2, 0.25) is 11.9 Å². The van der Waals surface area contributed by atoms with Crippen LogP contribution in [-0.4, -0.2) is 35.7 Å². The highest BCUT2D eigenvalue weighted by Crippen LogP contribution is 2.22. The third-order valence-corrected chi connectivity index (χ3v) is 2.61. The zero-order chi connectivity index (χ0) is 14.5. The maximum atomic E-state index is 12.9. The number of nitrogens with zero attached hydrogens (tertiary/aromatic N) is 4. The first-order valence-corrected chi connectivity index (χ1v) is 6.20. The molecular formula is C13H16FN5O. The summed E-state index contributed by atoms with van der Waals surface area (Å²) in [7, 11) is 3.50. The first-order chi connectivity index (χ1) is 9.63. The Bertz CT molecular complexity index is 575. The van der Waals surface area contributed by atoms with Crippen LogP contribution in [0.15, 0.2) is 24.3 Å². The molecule has 1 aromatic carbocycles. The minimum Gasteiger partial charge on any atom is -0.464 e. The summed E-state index contributed by atoms with van der Waals surface area (Å²) in [6.45, 7) is 2.32. The van der Waals surface area contributed by atoms with Gasteiger partial charge in [-0.25, -0.2) is 4.39 Å². The van der Waals surface area contributed by atoms with Crippen molar-refractivity contribution in [2.45, 2.75) is 6.92 Å². The van der Waals surface area contributed by atoms with Gasteiger partial charge in [-0.1, -0.05) is 0 Å². The van der Waals surface area contributed by atoms with Gasteiger partial charge in [-0.3, -0.25) is 0 Å². The van der Waals surface area contributed by atoms with E-state index in [0.29, 0.717) is 18.5 Å². The first-order valence-electron chi connectivity index (χ1n) is 6.20. The number of rotatable bonds is 5. The summed E-state index contributed by atoms with van der Waals surface area (Å²) in [6.07, 6.45) is 0. The molecule has 0 atom stereocenters. The Morgan fingerprint density at radius 2 is 1.90 bits per heavy atom. The number of aromatic nitrogens is 3. The smallest absolute Gasteiger partial charge is 0.323 e. The Morgan fingerprint density at radius 3 is 2.50 bits per heavy atom. The SMILES string of the molecule is CCOc1nc(NC)nc(N(C)c2ccc(F)cc2)n1. The van der Waals surface area contributed by atoms with Crippen LogP contribution in [0.1, 0.15) is 6.92 Å². The van der Waals surface area contributed by atoms with Crippen molar-refractivity contribution < 1.29 is 9.13 Å². The Hall–Kier alpha value is -2.44. The van der Waals surface area contributed by atoms with Crippen LogP contribution in [0.5, 0.6) is 6.01 Å². The van der Waals surface area contributed by atoms with Crippen molar-refractivity contribution >= 4 is 17.6 Å². The number of nitrogens with one attached hydrogen (secondary N) is 1. The van der Waals surface area contributed by atoms with Crippen LogP contribution in [0.2, 0.25) is 0 Å². The lowest BCUT2D eigenvalue weighted by Gasteiger charge is -2.18. The molecule has 0 saturated heterocycles. The molecule has 7 heteroatoms. The highest BCUT2D eigenvalue weighted by molar-refractivity contribution is 5.57. The highest BCUT2D eigenvalue weighted by atomic mass is 19.1. The van der Waals surface area contributed by atoms with Crippen molar-refractivity contribution in [3.63, 3.8) is 0 Å². The average Bonchev–Trinajstić information content (AvgIpc) is 2.47. The number of benzene rings is 1. The van der Waals surface area contributed by atoms with E-state index >= 15 is 0 Å². The molecule has 2 aromatic rings. The fourth-order valence-electron chi connectivity index (χ4n) is 1.58. The summed E-state index contributed by atoms with van der Waals surface area (Å²) in [5, 5.41) is 2.85. The Kier molecular flexibility index (Phi) is 4.29. The van der Waals surface area contributed by atoms with Crippen molar-refractivity contribution in [3.05, 3.63) is 30.1 Å². The van der Waals surface area contributed by atoms with Gasteiger partial charge in [-0.15, -0.1) is 0 Å². The Morgan fingerprint density at radius 1 is 1.20 bits per heavy atom. The van der Waals surface area contributed by atoms with E-state index < -0.39 is 0 Å². The molecule has 20 heavy (non-hydrogen) atoms. The molecular weight excluding hydrogens is 261 g/mol. The molecule has 6 nitrogen and oxygen atoms in total. The van der Waals surface area contributed by atoms with E-state index in [1.54, 1.807) is 31.1 Å². The fourth-order valence-corrected chi connectivity index (χ4v) is 1.58. The van der Waals surface area contributed by atoms with E-state index in [1.807, 2.05) is 6.92 Å². The van der Waals surface area contributed by atoms with Gasteiger partial charge in [-0.2, -0.15) is 15.0 Å². The van der Waals surface area contributed by atoms with Crippen molar-refractivity contribution in [2.75, 3.05) is 30.9 Å². The second-order valence-corrected chi connectivity index (χ2v) is 3.96. The minimum atomic E-state index is -0.288. The lowest BCUT2D eigenvalue weighted by molar-refractivity contribution is 0.312. The second kappa shape index (κ2) is 6.14. The Balaban J connectivity index is 2.34. The van der Waals surface area contributed by atoms with Crippen molar-refractivity contribution in [1.82, 2.24) is 15.0 Å². The average molecular weight is 277 g/mol. The molecule has 2 rings (SSSR count). The molecule has 0 unspecified atom stereocenters. The summed E-state index contributed by atoms with van der Waals surface area (Å²) < 4.78 is 18.3. The Labute approximate surface area is 116 Å². The van der Waals surface area contributed by atoms with Crippen molar-refractivity contribution in [1.29, 1.82) is 0 Å². The van der Waals surface area contributed by atoms with Crippen LogP contribution >= 0.6 is 0 Å². The molecule has 0 amide bonds. The van der Waals surface area contributed by atoms with E-state index in [1.165, 1.54) is 12.1 Å². The first kappa shape index (κ1) is 14.0. The zero-order valence-corrected chi connectivity index (χ0v) is 11.6. The molecule has 1 aromatic heterocycles. The number of halogens is 1. The van der Waals surface area contributed by atoms with Gasteiger partial charge in [0.1, 0.15) is 5.82 Å². The topological polar surface area (TPSA) is 63.2 Å². The number of hydrogen-bond acceptors (Lipinski definition) is 6. The van der Waals surface area contributed by atoms with E-state index in [9.17, 15) is 4.39 Å². The summed E-state index contributed by atoms with van der Waals surface area (Å²) in [4.78, 5) is 14.3. The van der Waals surface area contributed by atoms with Crippen molar-refractivity contribution in [3.8, 4) is 6.01 Å². The van der Waals surface area contributed by atoms with E-state index in [2.05, 4.69) is 20.3 Å². The molecule has 0 radical (unpaired) electrons. The second-order valence-electron chi connectivity index (χ2n) is 3.96. The van der Waals surface area contributed by atoms with E-state index in [0.717, 1.165) is 5.69 Å². The molecule has 1 N–H and O–H groups in total. The number of ether oxygens (including phenoxy) is 1. The summed E-state index contributed by atoms with van der Waals surface area (Å²) >= 11 is 0. The van der Waals surface area contributed by atoms with Crippen LogP contribution in [0.3, 0.4) is 0 Å².